The number of nitrogens with one attached hydrogen (secondary N) is 1. The predicted molar refractivity (Wildman–Crippen MR) is 78.1 cm³/mol. The SMILES string of the molecule is Cc1ccc(C(C)C)cc1S(=O)(=O)Nc1ncccn1. The molecule has 0 amide bonds. The van der Waals surface area contributed by atoms with E-state index in [4.69, 9.17) is 0 Å². The molecule has 0 aliphatic rings. The standard InChI is InChI=1S/C14H17N3O2S/c1-10(2)12-6-5-11(3)13(9-12)20(18,19)17-14-15-7-4-8-16-14/h4-10H,1-3H3,(H,15,16,17). The summed E-state index contributed by atoms with van der Waals surface area (Å²) in [5.41, 5.74) is 1.67. The molecule has 5 nitrogen and oxygen atoms in total. The number of anilines is 1. The van der Waals surface area contributed by atoms with E-state index in [1.54, 1.807) is 19.1 Å². The van der Waals surface area contributed by atoms with Crippen LogP contribution in [0.4, 0.5) is 5.95 Å². The second-order valence-corrected chi connectivity index (χ2v) is 6.51. The van der Waals surface area contributed by atoms with Crippen LogP contribution in [0.15, 0.2) is 41.6 Å². The Bertz CT molecular complexity index is 698. The Hall–Kier alpha value is -1.95. The molecule has 0 fully saturated rings. The van der Waals surface area contributed by atoms with Gasteiger partial charge >= 0.3 is 0 Å². The zero-order chi connectivity index (χ0) is 14.8. The van der Waals surface area contributed by atoms with E-state index < -0.39 is 10.0 Å². The Morgan fingerprint density at radius 2 is 1.80 bits per heavy atom. The van der Waals surface area contributed by atoms with Gasteiger partial charge in [-0.3, -0.25) is 0 Å². The number of hydrogen-bond acceptors (Lipinski definition) is 4. The lowest BCUT2D eigenvalue weighted by Crippen LogP contribution is -2.16. The number of nitrogens with zero attached hydrogens (tertiary/aromatic N) is 2. The van der Waals surface area contributed by atoms with Crippen molar-refractivity contribution in [1.82, 2.24) is 9.97 Å². The number of sulfonamides is 1. The van der Waals surface area contributed by atoms with Crippen LogP contribution in [0.2, 0.25) is 0 Å². The van der Waals surface area contributed by atoms with Gasteiger partial charge in [0, 0.05) is 12.4 Å². The van der Waals surface area contributed by atoms with Crippen LogP contribution in [0.5, 0.6) is 0 Å². The molecule has 6 heteroatoms. The van der Waals surface area contributed by atoms with Crippen molar-refractivity contribution in [2.45, 2.75) is 31.6 Å². The fourth-order valence-electron chi connectivity index (χ4n) is 1.79. The minimum Gasteiger partial charge on any atom is -0.247 e. The van der Waals surface area contributed by atoms with Gasteiger partial charge in [0.1, 0.15) is 0 Å². The molecule has 1 aromatic carbocycles. The quantitative estimate of drug-likeness (QED) is 0.940. The van der Waals surface area contributed by atoms with Gasteiger partial charge in [-0.25, -0.2) is 23.1 Å². The maximum absolute atomic E-state index is 12.4. The summed E-state index contributed by atoms with van der Waals surface area (Å²) >= 11 is 0. The third-order valence-electron chi connectivity index (χ3n) is 2.96. The first-order valence-electron chi connectivity index (χ1n) is 6.30. The van der Waals surface area contributed by atoms with Crippen molar-refractivity contribution >= 4 is 16.0 Å². The van der Waals surface area contributed by atoms with Crippen LogP contribution in [-0.2, 0) is 10.0 Å². The molecule has 0 saturated heterocycles. The smallest absolute Gasteiger partial charge is 0.247 e. The summed E-state index contributed by atoms with van der Waals surface area (Å²) < 4.78 is 27.2. The Morgan fingerprint density at radius 3 is 2.40 bits per heavy atom. The number of aryl methyl sites for hydroxylation is 1. The first-order chi connectivity index (χ1) is 9.40. The molecule has 0 unspecified atom stereocenters. The van der Waals surface area contributed by atoms with E-state index in [1.807, 2.05) is 26.0 Å². The normalized spacial score (nSPS) is 11.6. The summed E-state index contributed by atoms with van der Waals surface area (Å²) in [5.74, 6) is 0.333. The summed E-state index contributed by atoms with van der Waals surface area (Å²) in [5, 5.41) is 0. The van der Waals surface area contributed by atoms with E-state index in [-0.39, 0.29) is 16.8 Å². The van der Waals surface area contributed by atoms with Crippen molar-refractivity contribution in [3.05, 3.63) is 47.8 Å². The second kappa shape index (κ2) is 5.58. The summed E-state index contributed by atoms with van der Waals surface area (Å²) in [6.45, 7) is 5.81. The van der Waals surface area contributed by atoms with Crippen molar-refractivity contribution in [2.24, 2.45) is 0 Å². The predicted octanol–water partition coefficient (Wildman–Crippen LogP) is 2.71. The lowest BCUT2D eigenvalue weighted by molar-refractivity contribution is 0.600. The number of hydrogen-bond donors (Lipinski definition) is 1. The van der Waals surface area contributed by atoms with Gasteiger partial charge in [0.15, 0.2) is 0 Å². The van der Waals surface area contributed by atoms with Crippen LogP contribution >= 0.6 is 0 Å². The Kier molecular flexibility index (Phi) is 4.04. The molecule has 0 radical (unpaired) electrons. The van der Waals surface area contributed by atoms with E-state index in [2.05, 4.69) is 14.7 Å². The van der Waals surface area contributed by atoms with Gasteiger partial charge in [-0.05, 0) is 36.1 Å². The molecule has 0 aliphatic carbocycles. The maximum atomic E-state index is 12.4. The van der Waals surface area contributed by atoms with Gasteiger partial charge < -0.3 is 0 Å². The van der Waals surface area contributed by atoms with Crippen molar-refractivity contribution in [3.63, 3.8) is 0 Å². The van der Waals surface area contributed by atoms with Crippen LogP contribution in [0.3, 0.4) is 0 Å². The third kappa shape index (κ3) is 3.14. The molecule has 1 aromatic heterocycles. The fraction of sp³-hybridized carbons (Fsp3) is 0.286. The lowest BCUT2D eigenvalue weighted by atomic mass is 10.0. The van der Waals surface area contributed by atoms with Gasteiger partial charge in [0.05, 0.1) is 4.90 Å². The van der Waals surface area contributed by atoms with Crippen molar-refractivity contribution in [1.29, 1.82) is 0 Å². The average molecular weight is 291 g/mol. The second-order valence-electron chi connectivity index (χ2n) is 4.86. The highest BCUT2D eigenvalue weighted by atomic mass is 32.2. The molecule has 0 aliphatic heterocycles. The molecule has 1 heterocycles. The molecule has 0 atom stereocenters. The molecule has 106 valence electrons. The number of aromatic nitrogens is 2. The topological polar surface area (TPSA) is 72.0 Å². The van der Waals surface area contributed by atoms with Crippen LogP contribution in [0.1, 0.15) is 30.9 Å². The van der Waals surface area contributed by atoms with Crippen LogP contribution in [-0.4, -0.2) is 18.4 Å². The van der Waals surface area contributed by atoms with Gasteiger partial charge in [-0.1, -0.05) is 26.0 Å². The summed E-state index contributed by atoms with van der Waals surface area (Å²) in [4.78, 5) is 8.01. The molecule has 0 saturated carbocycles. The highest BCUT2D eigenvalue weighted by Gasteiger charge is 2.19. The van der Waals surface area contributed by atoms with Crippen LogP contribution in [0, 0.1) is 6.92 Å². The van der Waals surface area contributed by atoms with Gasteiger partial charge in [-0.2, -0.15) is 0 Å². The Balaban J connectivity index is 2.41. The third-order valence-corrected chi connectivity index (χ3v) is 4.43. The average Bonchev–Trinajstić information content (AvgIpc) is 2.39. The molecular formula is C14H17N3O2S. The number of rotatable bonds is 4. The summed E-state index contributed by atoms with van der Waals surface area (Å²) in [7, 11) is -3.68. The van der Waals surface area contributed by atoms with Gasteiger partial charge in [0.2, 0.25) is 5.95 Å². The fourth-order valence-corrected chi connectivity index (χ4v) is 3.03. The molecule has 2 rings (SSSR count). The van der Waals surface area contributed by atoms with E-state index in [1.165, 1.54) is 12.4 Å². The van der Waals surface area contributed by atoms with Gasteiger partial charge in [0.25, 0.3) is 10.0 Å². The summed E-state index contributed by atoms with van der Waals surface area (Å²) in [6, 6.07) is 7.08. The van der Waals surface area contributed by atoms with E-state index >= 15 is 0 Å². The molecule has 0 spiro atoms. The van der Waals surface area contributed by atoms with Crippen LogP contribution < -0.4 is 4.72 Å². The first-order valence-corrected chi connectivity index (χ1v) is 7.79. The van der Waals surface area contributed by atoms with Gasteiger partial charge in [-0.15, -0.1) is 0 Å². The lowest BCUT2D eigenvalue weighted by Gasteiger charge is -2.12. The van der Waals surface area contributed by atoms with Crippen molar-refractivity contribution < 1.29 is 8.42 Å². The molecular weight excluding hydrogens is 274 g/mol. The Labute approximate surface area is 119 Å². The molecule has 2 aromatic rings. The largest absolute Gasteiger partial charge is 0.264 e. The highest BCUT2D eigenvalue weighted by Crippen LogP contribution is 2.23. The summed E-state index contributed by atoms with van der Waals surface area (Å²) in [6.07, 6.45) is 2.98. The molecule has 1 N–H and O–H groups in total. The maximum Gasteiger partial charge on any atom is 0.264 e. The molecule has 0 bridgehead atoms. The first kappa shape index (κ1) is 14.5. The van der Waals surface area contributed by atoms with E-state index in [0.29, 0.717) is 5.56 Å². The minimum atomic E-state index is -3.68. The highest BCUT2D eigenvalue weighted by molar-refractivity contribution is 7.92. The van der Waals surface area contributed by atoms with Crippen LogP contribution in [0.25, 0.3) is 0 Å². The van der Waals surface area contributed by atoms with Crippen molar-refractivity contribution in [2.75, 3.05) is 4.72 Å². The minimum absolute atomic E-state index is 0.0712. The zero-order valence-corrected chi connectivity index (χ0v) is 12.5. The van der Waals surface area contributed by atoms with E-state index in [0.717, 1.165) is 5.56 Å². The van der Waals surface area contributed by atoms with E-state index in [9.17, 15) is 8.42 Å². The Morgan fingerprint density at radius 1 is 1.15 bits per heavy atom. The van der Waals surface area contributed by atoms with Crippen molar-refractivity contribution in [3.8, 4) is 0 Å². The zero-order valence-electron chi connectivity index (χ0n) is 11.7. The molecule has 20 heavy (non-hydrogen) atoms. The monoisotopic (exact) mass is 291 g/mol. The number of benzene rings is 1.